The summed E-state index contributed by atoms with van der Waals surface area (Å²) in [6.45, 7) is 2.42. The smallest absolute Gasteiger partial charge is 0.227 e. The van der Waals surface area contributed by atoms with Gasteiger partial charge in [0, 0.05) is 13.5 Å². The first kappa shape index (κ1) is 15.6. The minimum Gasteiger partial charge on any atom is -0.340 e. The summed E-state index contributed by atoms with van der Waals surface area (Å²) in [6, 6.07) is 6.02. The normalized spacial score (nSPS) is 18.7. The fourth-order valence-electron chi connectivity index (χ4n) is 3.05. The molecule has 6 heteroatoms. The van der Waals surface area contributed by atoms with Crippen molar-refractivity contribution >= 4 is 5.91 Å². The van der Waals surface area contributed by atoms with Gasteiger partial charge in [0.25, 0.3) is 0 Å². The standard InChI is InChI=1S/C17H20FN3O2/c1-12-19-17(20-23-12)15-8-3-2-4-9-21(15)16(22)11-13-6-5-7-14(18)10-13/h5-7,10,15H,2-4,8-9,11H2,1H3. The maximum absolute atomic E-state index is 13.3. The predicted molar refractivity (Wildman–Crippen MR) is 82.1 cm³/mol. The second kappa shape index (κ2) is 6.89. The molecule has 1 fully saturated rings. The van der Waals surface area contributed by atoms with Crippen molar-refractivity contribution in [2.45, 2.75) is 45.1 Å². The third-order valence-corrected chi connectivity index (χ3v) is 4.16. The molecular formula is C17H20FN3O2. The van der Waals surface area contributed by atoms with Crippen LogP contribution in [0.2, 0.25) is 0 Å². The number of halogens is 1. The number of amides is 1. The molecule has 2 heterocycles. The molecule has 1 aliphatic heterocycles. The summed E-state index contributed by atoms with van der Waals surface area (Å²) in [5.74, 6) is 0.722. The lowest BCUT2D eigenvalue weighted by Gasteiger charge is -2.28. The zero-order chi connectivity index (χ0) is 16.2. The first-order valence-corrected chi connectivity index (χ1v) is 7.97. The van der Waals surface area contributed by atoms with Gasteiger partial charge in [0.2, 0.25) is 11.8 Å². The molecule has 2 aromatic rings. The summed E-state index contributed by atoms with van der Waals surface area (Å²) in [5.41, 5.74) is 0.683. The highest BCUT2D eigenvalue weighted by Crippen LogP contribution is 2.29. The summed E-state index contributed by atoms with van der Waals surface area (Å²) >= 11 is 0. The number of carbonyl (C=O) groups excluding carboxylic acids is 1. The van der Waals surface area contributed by atoms with Crippen LogP contribution in [0.1, 0.15) is 49.0 Å². The van der Waals surface area contributed by atoms with Gasteiger partial charge in [0.1, 0.15) is 5.82 Å². The Morgan fingerprint density at radius 3 is 3.00 bits per heavy atom. The van der Waals surface area contributed by atoms with Gasteiger partial charge >= 0.3 is 0 Å². The van der Waals surface area contributed by atoms with Crippen molar-refractivity contribution in [1.82, 2.24) is 15.0 Å². The lowest BCUT2D eigenvalue weighted by atomic mass is 10.1. The summed E-state index contributed by atoms with van der Waals surface area (Å²) in [7, 11) is 0. The molecule has 0 radical (unpaired) electrons. The molecule has 23 heavy (non-hydrogen) atoms. The minimum atomic E-state index is -0.323. The van der Waals surface area contributed by atoms with E-state index in [4.69, 9.17) is 4.52 Å². The Morgan fingerprint density at radius 2 is 2.26 bits per heavy atom. The van der Waals surface area contributed by atoms with Crippen molar-refractivity contribution in [2.24, 2.45) is 0 Å². The van der Waals surface area contributed by atoms with Crippen molar-refractivity contribution in [2.75, 3.05) is 6.54 Å². The highest BCUT2D eigenvalue weighted by Gasteiger charge is 2.30. The first-order chi connectivity index (χ1) is 11.1. The highest BCUT2D eigenvalue weighted by molar-refractivity contribution is 5.79. The number of hydrogen-bond donors (Lipinski definition) is 0. The van der Waals surface area contributed by atoms with Crippen LogP contribution in [0.15, 0.2) is 28.8 Å². The fraction of sp³-hybridized carbons (Fsp3) is 0.471. The van der Waals surface area contributed by atoms with E-state index in [-0.39, 0.29) is 24.2 Å². The van der Waals surface area contributed by atoms with Gasteiger partial charge in [0.15, 0.2) is 5.82 Å². The minimum absolute atomic E-state index is 0.0232. The van der Waals surface area contributed by atoms with Gasteiger partial charge in [-0.3, -0.25) is 4.79 Å². The number of hydrogen-bond acceptors (Lipinski definition) is 4. The fourth-order valence-corrected chi connectivity index (χ4v) is 3.05. The Balaban J connectivity index is 1.80. The third kappa shape index (κ3) is 3.75. The zero-order valence-electron chi connectivity index (χ0n) is 13.2. The van der Waals surface area contributed by atoms with E-state index in [0.717, 1.165) is 25.7 Å². The molecule has 1 aromatic heterocycles. The van der Waals surface area contributed by atoms with E-state index in [0.29, 0.717) is 23.8 Å². The molecule has 5 nitrogen and oxygen atoms in total. The molecular weight excluding hydrogens is 297 g/mol. The van der Waals surface area contributed by atoms with Gasteiger partial charge < -0.3 is 9.42 Å². The maximum Gasteiger partial charge on any atom is 0.227 e. The molecule has 1 unspecified atom stereocenters. The van der Waals surface area contributed by atoms with E-state index in [1.54, 1.807) is 19.1 Å². The molecule has 122 valence electrons. The van der Waals surface area contributed by atoms with Crippen molar-refractivity contribution in [3.05, 3.63) is 47.4 Å². The van der Waals surface area contributed by atoms with Gasteiger partial charge in [0.05, 0.1) is 12.5 Å². The number of nitrogens with zero attached hydrogens (tertiary/aromatic N) is 3. The molecule has 1 amide bonds. The van der Waals surface area contributed by atoms with E-state index in [1.165, 1.54) is 12.1 Å². The first-order valence-electron chi connectivity index (χ1n) is 7.97. The van der Waals surface area contributed by atoms with Crippen LogP contribution in [-0.4, -0.2) is 27.5 Å². The van der Waals surface area contributed by atoms with Crippen molar-refractivity contribution in [1.29, 1.82) is 0 Å². The molecule has 0 saturated carbocycles. The number of benzene rings is 1. The molecule has 1 atom stereocenters. The Kier molecular flexibility index (Phi) is 4.69. The predicted octanol–water partition coefficient (Wildman–Crippen LogP) is 3.20. The van der Waals surface area contributed by atoms with Crippen LogP contribution in [-0.2, 0) is 11.2 Å². The number of aromatic nitrogens is 2. The lowest BCUT2D eigenvalue weighted by molar-refractivity contribution is -0.133. The quantitative estimate of drug-likeness (QED) is 0.872. The van der Waals surface area contributed by atoms with Crippen LogP contribution >= 0.6 is 0 Å². The Morgan fingerprint density at radius 1 is 1.39 bits per heavy atom. The Hall–Kier alpha value is -2.24. The summed E-state index contributed by atoms with van der Waals surface area (Å²) in [6.07, 6.45) is 4.08. The second-order valence-corrected chi connectivity index (χ2v) is 5.93. The van der Waals surface area contributed by atoms with Gasteiger partial charge in [-0.15, -0.1) is 0 Å². The van der Waals surface area contributed by atoms with E-state index < -0.39 is 0 Å². The second-order valence-electron chi connectivity index (χ2n) is 5.93. The average Bonchev–Trinajstić information content (AvgIpc) is 2.81. The number of aryl methyl sites for hydroxylation is 1. The van der Waals surface area contributed by atoms with Gasteiger partial charge in [-0.2, -0.15) is 4.98 Å². The molecule has 1 aromatic carbocycles. The largest absolute Gasteiger partial charge is 0.340 e. The van der Waals surface area contributed by atoms with Crippen LogP contribution < -0.4 is 0 Å². The molecule has 1 saturated heterocycles. The third-order valence-electron chi connectivity index (χ3n) is 4.16. The lowest BCUT2D eigenvalue weighted by Crippen LogP contribution is -2.36. The van der Waals surface area contributed by atoms with Gasteiger partial charge in [-0.25, -0.2) is 4.39 Å². The zero-order valence-corrected chi connectivity index (χ0v) is 13.2. The SMILES string of the molecule is Cc1nc(C2CCCCCN2C(=O)Cc2cccc(F)c2)no1. The van der Waals surface area contributed by atoms with Crippen LogP contribution in [0.3, 0.4) is 0 Å². The van der Waals surface area contributed by atoms with Gasteiger partial charge in [-0.05, 0) is 30.5 Å². The molecule has 1 aliphatic rings. The van der Waals surface area contributed by atoms with Crippen molar-refractivity contribution < 1.29 is 13.7 Å². The van der Waals surface area contributed by atoms with E-state index >= 15 is 0 Å². The molecule has 0 N–H and O–H groups in total. The van der Waals surface area contributed by atoms with Crippen molar-refractivity contribution in [3.63, 3.8) is 0 Å². The van der Waals surface area contributed by atoms with Crippen LogP contribution in [0.4, 0.5) is 4.39 Å². The Labute approximate surface area is 134 Å². The van der Waals surface area contributed by atoms with E-state index in [1.807, 2.05) is 4.90 Å². The van der Waals surface area contributed by atoms with Crippen LogP contribution in [0.25, 0.3) is 0 Å². The molecule has 0 aliphatic carbocycles. The number of rotatable bonds is 3. The van der Waals surface area contributed by atoms with E-state index in [2.05, 4.69) is 10.1 Å². The number of likely N-dealkylation sites (tertiary alicyclic amines) is 1. The Bertz CT molecular complexity index is 686. The molecule has 0 bridgehead atoms. The molecule has 0 spiro atoms. The van der Waals surface area contributed by atoms with Crippen LogP contribution in [0.5, 0.6) is 0 Å². The molecule has 3 rings (SSSR count). The van der Waals surface area contributed by atoms with Crippen molar-refractivity contribution in [3.8, 4) is 0 Å². The average molecular weight is 317 g/mol. The summed E-state index contributed by atoms with van der Waals surface area (Å²) in [5, 5.41) is 3.99. The summed E-state index contributed by atoms with van der Waals surface area (Å²) in [4.78, 5) is 18.9. The number of carbonyl (C=O) groups is 1. The van der Waals surface area contributed by atoms with Gasteiger partial charge in [-0.1, -0.05) is 30.1 Å². The summed E-state index contributed by atoms with van der Waals surface area (Å²) < 4.78 is 18.4. The maximum atomic E-state index is 13.3. The van der Waals surface area contributed by atoms with Crippen LogP contribution in [0, 0.1) is 12.7 Å². The monoisotopic (exact) mass is 317 g/mol. The topological polar surface area (TPSA) is 59.2 Å². The van der Waals surface area contributed by atoms with E-state index in [9.17, 15) is 9.18 Å². The highest BCUT2D eigenvalue weighted by atomic mass is 19.1.